The van der Waals surface area contributed by atoms with E-state index in [1.54, 1.807) is 6.92 Å². The lowest BCUT2D eigenvalue weighted by Crippen LogP contribution is -2.15. The molecule has 1 rings (SSSR count). The summed E-state index contributed by atoms with van der Waals surface area (Å²) in [7, 11) is 0. The maximum absolute atomic E-state index is 11.6. The van der Waals surface area contributed by atoms with Crippen molar-refractivity contribution in [1.29, 1.82) is 0 Å². The molecule has 0 saturated carbocycles. The van der Waals surface area contributed by atoms with Gasteiger partial charge in [0, 0.05) is 13.2 Å². The topological polar surface area (TPSA) is 26.3 Å². The van der Waals surface area contributed by atoms with Gasteiger partial charge in [-0.15, -0.1) is 0 Å². The van der Waals surface area contributed by atoms with Gasteiger partial charge >= 0.3 is 5.97 Å². The van der Waals surface area contributed by atoms with Crippen LogP contribution in [-0.2, 0) is 9.53 Å². The summed E-state index contributed by atoms with van der Waals surface area (Å²) in [5, 5.41) is 0. The van der Waals surface area contributed by atoms with Crippen LogP contribution in [0.3, 0.4) is 0 Å². The van der Waals surface area contributed by atoms with Crippen LogP contribution < -0.4 is 0 Å². The third-order valence-electron chi connectivity index (χ3n) is 1.79. The molecule has 1 saturated heterocycles. The van der Waals surface area contributed by atoms with Crippen molar-refractivity contribution in [3.05, 3.63) is 0 Å². The van der Waals surface area contributed by atoms with E-state index in [9.17, 15) is 4.79 Å². The molecule has 1 aliphatic rings. The quantitative estimate of drug-likeness (QED) is 0.529. The number of cyclic esters (lactones) is 1. The number of ether oxygens (including phenoxy) is 1. The molecule has 0 aromatic rings. The third kappa shape index (κ3) is 3.74. The zero-order valence-corrected chi connectivity index (χ0v) is 7.30. The molecule has 0 aliphatic carbocycles. The summed E-state index contributed by atoms with van der Waals surface area (Å²) in [6.07, 6.45) is -4.68. The number of esters is 1. The molecule has 2 nitrogen and oxygen atoms in total. The number of hydrogen-bond acceptors (Lipinski definition) is 2. The zero-order valence-electron chi connectivity index (χ0n) is 12.3. The summed E-state index contributed by atoms with van der Waals surface area (Å²) < 4.78 is 42.9. The van der Waals surface area contributed by atoms with E-state index in [4.69, 9.17) is 11.6 Å². The molecule has 1 heterocycles. The molecule has 0 spiro atoms. The van der Waals surface area contributed by atoms with E-state index in [-0.39, 0.29) is 6.42 Å². The van der Waals surface area contributed by atoms with Gasteiger partial charge in [0.15, 0.2) is 0 Å². The van der Waals surface area contributed by atoms with Crippen LogP contribution in [0.15, 0.2) is 0 Å². The molecule has 1 fully saturated rings. The predicted octanol–water partition coefficient (Wildman–Crippen LogP) is 2.66. The van der Waals surface area contributed by atoms with Gasteiger partial charge in [-0.05, 0) is 26.1 Å². The van der Waals surface area contributed by atoms with Gasteiger partial charge < -0.3 is 4.74 Å². The van der Waals surface area contributed by atoms with Gasteiger partial charge in [-0.3, -0.25) is 4.79 Å². The van der Waals surface area contributed by atoms with Crippen LogP contribution in [0.2, 0.25) is 0 Å². The first kappa shape index (κ1) is 4.64. The van der Waals surface area contributed by atoms with Crippen LogP contribution in [0.4, 0.5) is 0 Å². The predicted molar refractivity (Wildman–Crippen MR) is 47.9 cm³/mol. The largest absolute Gasteiger partial charge is 0.463 e. The first-order valence-corrected chi connectivity index (χ1v) is 4.33. The van der Waals surface area contributed by atoms with Crippen LogP contribution >= 0.6 is 0 Å². The lowest BCUT2D eigenvalue weighted by atomic mass is 10.1. The van der Waals surface area contributed by atoms with E-state index in [0.29, 0.717) is 12.8 Å². The van der Waals surface area contributed by atoms with Gasteiger partial charge in [0.05, 0.1) is 6.10 Å². The lowest BCUT2D eigenvalue weighted by Gasteiger charge is -2.14. The Morgan fingerprint density at radius 2 is 2.33 bits per heavy atom. The van der Waals surface area contributed by atoms with Crippen molar-refractivity contribution in [2.45, 2.75) is 57.9 Å². The molecule has 0 radical (unpaired) electrons. The standard InChI is InChI=1S/C10H18O2/c1-9-7-5-3-2-4-6-8-10(11)12-9/h9H,2-8H2,1H3/t9-/m0/s1/i4D,6D2,8D2/t4?,9-. The highest BCUT2D eigenvalue weighted by atomic mass is 16.5. The molecular formula is C10H18O2. The van der Waals surface area contributed by atoms with E-state index in [2.05, 4.69) is 0 Å². The SMILES string of the molecule is [2H]C1CCCC[C@H](C)OC(=O)C([2H])([2H])C1([2H])[2H]. The van der Waals surface area contributed by atoms with Crippen molar-refractivity contribution in [3.8, 4) is 0 Å². The molecule has 2 atom stereocenters. The van der Waals surface area contributed by atoms with E-state index in [1.807, 2.05) is 0 Å². The molecule has 1 aliphatic heterocycles. The Morgan fingerprint density at radius 3 is 3.17 bits per heavy atom. The molecule has 0 aromatic carbocycles. The van der Waals surface area contributed by atoms with Crippen molar-refractivity contribution < 1.29 is 16.4 Å². The molecule has 0 aromatic heterocycles. The van der Waals surface area contributed by atoms with Gasteiger partial charge in [0.25, 0.3) is 0 Å². The van der Waals surface area contributed by atoms with Gasteiger partial charge in [-0.2, -0.15) is 0 Å². The smallest absolute Gasteiger partial charge is 0.306 e. The van der Waals surface area contributed by atoms with Crippen LogP contribution in [0.1, 0.15) is 58.6 Å². The highest BCUT2D eigenvalue weighted by Crippen LogP contribution is 2.13. The van der Waals surface area contributed by atoms with Crippen molar-refractivity contribution in [1.82, 2.24) is 0 Å². The Bertz CT molecular complexity index is 292. The average Bonchev–Trinajstić information content (AvgIpc) is 2.22. The van der Waals surface area contributed by atoms with Crippen LogP contribution in [-0.4, -0.2) is 12.1 Å². The molecule has 12 heavy (non-hydrogen) atoms. The normalized spacial score (nSPS) is 48.4. The number of rotatable bonds is 0. The lowest BCUT2D eigenvalue weighted by molar-refractivity contribution is -0.148. The van der Waals surface area contributed by atoms with E-state index in [1.165, 1.54) is 0 Å². The van der Waals surface area contributed by atoms with E-state index >= 15 is 0 Å². The minimum Gasteiger partial charge on any atom is -0.463 e. The van der Waals surface area contributed by atoms with Gasteiger partial charge in [-0.1, -0.05) is 19.2 Å². The average molecular weight is 175 g/mol. The third-order valence-corrected chi connectivity index (χ3v) is 1.79. The summed E-state index contributed by atoms with van der Waals surface area (Å²) in [5.41, 5.74) is 0. The number of hydrogen-bond donors (Lipinski definition) is 0. The summed E-state index contributed by atoms with van der Waals surface area (Å²) >= 11 is 0. The second kappa shape index (κ2) is 5.18. The van der Waals surface area contributed by atoms with E-state index < -0.39 is 31.2 Å². The molecule has 0 bridgehead atoms. The highest BCUT2D eigenvalue weighted by molar-refractivity contribution is 5.69. The van der Waals surface area contributed by atoms with Crippen LogP contribution in [0, 0.1) is 0 Å². The molecule has 1 unspecified atom stereocenters. The maximum atomic E-state index is 11.6. The van der Waals surface area contributed by atoms with Crippen LogP contribution in [0.25, 0.3) is 0 Å². The summed E-state index contributed by atoms with van der Waals surface area (Å²) in [6.45, 7) is 1.67. The summed E-state index contributed by atoms with van der Waals surface area (Å²) in [5.74, 6) is -1.20. The minimum absolute atomic E-state index is 0.256. The Labute approximate surface area is 81.3 Å². The van der Waals surface area contributed by atoms with E-state index in [0.717, 1.165) is 6.42 Å². The summed E-state index contributed by atoms with van der Waals surface area (Å²) in [4.78, 5) is 11.6. The maximum Gasteiger partial charge on any atom is 0.306 e. The fourth-order valence-corrected chi connectivity index (χ4v) is 1.13. The van der Waals surface area contributed by atoms with Crippen molar-refractivity contribution in [2.75, 3.05) is 0 Å². The van der Waals surface area contributed by atoms with Gasteiger partial charge in [0.2, 0.25) is 0 Å². The minimum atomic E-state index is -2.77. The van der Waals surface area contributed by atoms with Crippen LogP contribution in [0.5, 0.6) is 0 Å². The first-order chi connectivity index (χ1) is 7.69. The molecule has 2 heteroatoms. The first-order valence-electron chi connectivity index (χ1n) is 6.90. The fourth-order valence-electron chi connectivity index (χ4n) is 1.13. The Kier molecular flexibility index (Phi) is 2.00. The van der Waals surface area contributed by atoms with Gasteiger partial charge in [0.1, 0.15) is 0 Å². The zero-order chi connectivity index (χ0) is 13.3. The Hall–Kier alpha value is -0.530. The number of carbonyl (C=O) groups is 1. The van der Waals surface area contributed by atoms with Gasteiger partial charge in [-0.25, -0.2) is 0 Å². The molecule has 0 amide bonds. The molecule has 70 valence electrons. The summed E-state index contributed by atoms with van der Waals surface area (Å²) in [6, 6.07) is 0. The highest BCUT2D eigenvalue weighted by Gasteiger charge is 2.10. The molecule has 0 N–H and O–H groups in total. The van der Waals surface area contributed by atoms with Crippen molar-refractivity contribution >= 4 is 5.97 Å². The fraction of sp³-hybridized carbons (Fsp3) is 0.900. The van der Waals surface area contributed by atoms with Crippen molar-refractivity contribution in [3.63, 3.8) is 0 Å². The Balaban J connectivity index is 2.98. The van der Waals surface area contributed by atoms with Crippen molar-refractivity contribution in [2.24, 2.45) is 0 Å². The second-order valence-electron chi connectivity index (χ2n) is 2.97. The molecular weight excluding hydrogens is 152 g/mol. The number of carbonyl (C=O) groups excluding carboxylic acids is 1. The monoisotopic (exact) mass is 175 g/mol. The second-order valence-corrected chi connectivity index (χ2v) is 2.97. The Morgan fingerprint density at radius 1 is 1.50 bits per heavy atom.